The second kappa shape index (κ2) is 13.1. The molecule has 8 heteroatoms. The van der Waals surface area contributed by atoms with Gasteiger partial charge in [0.2, 0.25) is 5.91 Å². The number of halogens is 1. The van der Waals surface area contributed by atoms with E-state index in [1.54, 1.807) is 0 Å². The van der Waals surface area contributed by atoms with Crippen molar-refractivity contribution < 1.29 is 4.79 Å². The number of aliphatic imine (C=N–C) groups is 1. The number of guanidine groups is 1. The lowest BCUT2D eigenvalue weighted by atomic mass is 10.2. The Hall–Kier alpha value is -1.58. The Morgan fingerprint density at radius 2 is 1.97 bits per heavy atom. The fourth-order valence-electron chi connectivity index (χ4n) is 4.16. The van der Waals surface area contributed by atoms with Crippen molar-refractivity contribution in [2.75, 3.05) is 37.6 Å². The number of hydrogen-bond acceptors (Lipinski definition) is 4. The largest absolute Gasteiger partial charge is 0.357 e. The third-order valence-electron chi connectivity index (χ3n) is 5.84. The number of amides is 1. The number of likely N-dealkylation sites (tertiary alicyclic amines) is 1. The van der Waals surface area contributed by atoms with Crippen LogP contribution < -0.4 is 15.5 Å². The molecule has 3 rings (SSSR count). The minimum atomic E-state index is 0. The fourth-order valence-corrected chi connectivity index (χ4v) is 4.16. The van der Waals surface area contributed by atoms with Gasteiger partial charge in [-0.3, -0.25) is 4.79 Å². The first-order chi connectivity index (χ1) is 14.6. The van der Waals surface area contributed by atoms with Gasteiger partial charge in [0.05, 0.1) is 6.54 Å². The SMILES string of the molecule is CCNC(=NCc1ccnc(N2CCCCCC2)c1)NC1CCN(C(=O)C(C)C)C1.I. The first-order valence-electron chi connectivity index (χ1n) is 11.6. The van der Waals surface area contributed by atoms with E-state index in [1.807, 2.05) is 31.0 Å². The predicted molar refractivity (Wildman–Crippen MR) is 138 cm³/mol. The number of anilines is 1. The van der Waals surface area contributed by atoms with Crippen LogP contribution in [0.1, 0.15) is 58.4 Å². The van der Waals surface area contributed by atoms with Gasteiger partial charge in [0, 0.05) is 50.9 Å². The number of hydrogen-bond donors (Lipinski definition) is 2. The summed E-state index contributed by atoms with van der Waals surface area (Å²) in [5.41, 5.74) is 1.17. The topological polar surface area (TPSA) is 72.9 Å². The van der Waals surface area contributed by atoms with Gasteiger partial charge in [0.15, 0.2) is 5.96 Å². The van der Waals surface area contributed by atoms with Crippen molar-refractivity contribution in [3.63, 3.8) is 0 Å². The zero-order chi connectivity index (χ0) is 21.3. The third-order valence-corrected chi connectivity index (χ3v) is 5.84. The van der Waals surface area contributed by atoms with Crippen LogP contribution in [0.4, 0.5) is 5.82 Å². The van der Waals surface area contributed by atoms with Crippen molar-refractivity contribution in [2.45, 2.75) is 65.5 Å². The van der Waals surface area contributed by atoms with Crippen LogP contribution in [0.3, 0.4) is 0 Å². The molecule has 2 fully saturated rings. The molecule has 0 radical (unpaired) electrons. The summed E-state index contributed by atoms with van der Waals surface area (Å²) in [4.78, 5) is 26.0. The van der Waals surface area contributed by atoms with E-state index in [1.165, 1.54) is 31.2 Å². The summed E-state index contributed by atoms with van der Waals surface area (Å²) in [6.45, 7) is 11.2. The molecule has 0 spiro atoms. The van der Waals surface area contributed by atoms with E-state index in [-0.39, 0.29) is 41.8 Å². The molecule has 7 nitrogen and oxygen atoms in total. The van der Waals surface area contributed by atoms with Gasteiger partial charge in [-0.2, -0.15) is 0 Å². The summed E-state index contributed by atoms with van der Waals surface area (Å²) in [5.74, 6) is 2.17. The van der Waals surface area contributed by atoms with Crippen LogP contribution in [-0.4, -0.2) is 60.5 Å². The molecular weight excluding hydrogens is 503 g/mol. The average Bonchev–Trinajstić information content (AvgIpc) is 3.03. The van der Waals surface area contributed by atoms with E-state index in [2.05, 4.69) is 33.5 Å². The number of aromatic nitrogens is 1. The highest BCUT2D eigenvalue weighted by Crippen LogP contribution is 2.19. The highest BCUT2D eigenvalue weighted by atomic mass is 127. The molecule has 0 aromatic carbocycles. The van der Waals surface area contributed by atoms with E-state index in [0.717, 1.165) is 50.9 Å². The first-order valence-corrected chi connectivity index (χ1v) is 11.6. The highest BCUT2D eigenvalue weighted by Gasteiger charge is 2.27. The maximum atomic E-state index is 12.2. The molecule has 2 N–H and O–H groups in total. The lowest BCUT2D eigenvalue weighted by Crippen LogP contribution is -2.45. The van der Waals surface area contributed by atoms with Crippen molar-refractivity contribution in [1.29, 1.82) is 0 Å². The Morgan fingerprint density at radius 1 is 1.23 bits per heavy atom. The van der Waals surface area contributed by atoms with Crippen LogP contribution in [-0.2, 0) is 11.3 Å². The quantitative estimate of drug-likeness (QED) is 0.328. The molecular formula is C23H39IN6O. The fraction of sp³-hybridized carbons (Fsp3) is 0.696. The van der Waals surface area contributed by atoms with Crippen molar-refractivity contribution in [3.05, 3.63) is 23.9 Å². The molecule has 2 saturated heterocycles. The van der Waals surface area contributed by atoms with Gasteiger partial charge in [0.25, 0.3) is 0 Å². The molecule has 31 heavy (non-hydrogen) atoms. The van der Waals surface area contributed by atoms with Gasteiger partial charge in [-0.15, -0.1) is 24.0 Å². The van der Waals surface area contributed by atoms with Crippen LogP contribution >= 0.6 is 24.0 Å². The zero-order valence-electron chi connectivity index (χ0n) is 19.3. The summed E-state index contributed by atoms with van der Waals surface area (Å²) >= 11 is 0. The molecule has 1 aromatic heterocycles. The third kappa shape index (κ3) is 7.80. The number of carbonyl (C=O) groups excluding carboxylic acids is 1. The van der Waals surface area contributed by atoms with Crippen LogP contribution in [0.5, 0.6) is 0 Å². The number of nitrogens with zero attached hydrogens (tertiary/aromatic N) is 4. The van der Waals surface area contributed by atoms with Crippen molar-refractivity contribution in [2.24, 2.45) is 10.9 Å². The standard InChI is InChI=1S/C23H38N6O.HI/c1-4-24-23(27-20-10-14-29(17-20)22(30)18(2)3)26-16-19-9-11-25-21(15-19)28-12-7-5-6-8-13-28;/h9,11,15,18,20H,4-8,10,12-14,16-17H2,1-3H3,(H2,24,26,27);1H. The summed E-state index contributed by atoms with van der Waals surface area (Å²) in [6, 6.07) is 4.47. The van der Waals surface area contributed by atoms with E-state index < -0.39 is 0 Å². The Balaban J connectivity index is 0.00000341. The monoisotopic (exact) mass is 542 g/mol. The Bertz CT molecular complexity index is 718. The molecule has 1 unspecified atom stereocenters. The van der Waals surface area contributed by atoms with Gasteiger partial charge in [-0.25, -0.2) is 9.98 Å². The predicted octanol–water partition coefficient (Wildman–Crippen LogP) is 3.39. The lowest BCUT2D eigenvalue weighted by molar-refractivity contribution is -0.133. The van der Waals surface area contributed by atoms with E-state index in [0.29, 0.717) is 6.54 Å². The molecule has 2 aliphatic heterocycles. The Morgan fingerprint density at radius 3 is 2.65 bits per heavy atom. The first kappa shape index (κ1) is 25.7. The maximum Gasteiger partial charge on any atom is 0.225 e. The van der Waals surface area contributed by atoms with Crippen LogP contribution in [0, 0.1) is 5.92 Å². The van der Waals surface area contributed by atoms with Crippen molar-refractivity contribution in [1.82, 2.24) is 20.5 Å². The van der Waals surface area contributed by atoms with E-state index in [4.69, 9.17) is 4.99 Å². The Labute approximate surface area is 204 Å². The molecule has 1 amide bonds. The van der Waals surface area contributed by atoms with Crippen molar-refractivity contribution >= 4 is 41.7 Å². The summed E-state index contributed by atoms with van der Waals surface area (Å²) in [7, 11) is 0. The normalized spacial score (nSPS) is 19.7. The van der Waals surface area contributed by atoms with Gasteiger partial charge in [-0.05, 0) is 43.9 Å². The molecule has 1 atom stereocenters. The smallest absolute Gasteiger partial charge is 0.225 e. The molecule has 0 saturated carbocycles. The van der Waals surface area contributed by atoms with E-state index in [9.17, 15) is 4.79 Å². The van der Waals surface area contributed by atoms with Gasteiger partial charge < -0.3 is 20.4 Å². The molecule has 174 valence electrons. The average molecular weight is 543 g/mol. The second-order valence-electron chi connectivity index (χ2n) is 8.69. The van der Waals surface area contributed by atoms with Gasteiger partial charge in [-0.1, -0.05) is 26.7 Å². The van der Waals surface area contributed by atoms with Crippen molar-refractivity contribution in [3.8, 4) is 0 Å². The minimum Gasteiger partial charge on any atom is -0.357 e. The number of nitrogens with one attached hydrogen (secondary N) is 2. The summed E-state index contributed by atoms with van der Waals surface area (Å²) in [5, 5.41) is 6.86. The molecule has 0 aliphatic carbocycles. The summed E-state index contributed by atoms with van der Waals surface area (Å²) < 4.78 is 0. The van der Waals surface area contributed by atoms with Crippen LogP contribution in [0.25, 0.3) is 0 Å². The zero-order valence-corrected chi connectivity index (χ0v) is 21.6. The number of pyridine rings is 1. The lowest BCUT2D eigenvalue weighted by Gasteiger charge is -2.22. The number of rotatable bonds is 6. The van der Waals surface area contributed by atoms with Crippen LogP contribution in [0.2, 0.25) is 0 Å². The summed E-state index contributed by atoms with van der Waals surface area (Å²) in [6.07, 6.45) is 7.99. The number of carbonyl (C=O) groups is 1. The molecule has 2 aliphatic rings. The maximum absolute atomic E-state index is 12.2. The van der Waals surface area contributed by atoms with Crippen LogP contribution in [0.15, 0.2) is 23.3 Å². The highest BCUT2D eigenvalue weighted by molar-refractivity contribution is 14.0. The molecule has 0 bridgehead atoms. The molecule has 3 heterocycles. The Kier molecular flexibility index (Phi) is 10.8. The van der Waals surface area contributed by atoms with Gasteiger partial charge in [0.1, 0.15) is 5.82 Å². The van der Waals surface area contributed by atoms with E-state index >= 15 is 0 Å². The second-order valence-corrected chi connectivity index (χ2v) is 8.69. The van der Waals surface area contributed by atoms with Gasteiger partial charge >= 0.3 is 0 Å². The minimum absolute atomic E-state index is 0. The molecule has 1 aromatic rings.